The third kappa shape index (κ3) is 5.09. The van der Waals surface area contributed by atoms with Crippen LogP contribution in [0.1, 0.15) is 45.0 Å². The summed E-state index contributed by atoms with van der Waals surface area (Å²) in [6, 6.07) is 6.80. The van der Waals surface area contributed by atoms with Gasteiger partial charge in [-0.05, 0) is 31.9 Å². The number of hydrogen-bond acceptors (Lipinski definition) is 3. The summed E-state index contributed by atoms with van der Waals surface area (Å²) in [4.78, 5) is 16.7. The lowest BCUT2D eigenvalue weighted by atomic mass is 9.74. The van der Waals surface area contributed by atoms with Gasteiger partial charge in [0.25, 0.3) is 0 Å². The number of amides is 1. The minimum absolute atomic E-state index is 0. The average Bonchev–Trinajstić information content (AvgIpc) is 2.92. The van der Waals surface area contributed by atoms with Gasteiger partial charge in [0.2, 0.25) is 5.91 Å². The fourth-order valence-electron chi connectivity index (χ4n) is 3.70. The second-order valence-corrected chi connectivity index (χ2v) is 7.01. The van der Waals surface area contributed by atoms with E-state index >= 15 is 0 Å². The number of nitrogens with two attached hydrogens (primary N) is 1. The molecule has 3 rings (SSSR count). The van der Waals surface area contributed by atoms with Gasteiger partial charge in [0.1, 0.15) is 5.82 Å². The summed E-state index contributed by atoms with van der Waals surface area (Å²) in [6.45, 7) is -0.488. The number of fused-ring (bicyclic) bond motifs is 1. The molecule has 152 valence electrons. The highest BCUT2D eigenvalue weighted by Crippen LogP contribution is 2.31. The lowest BCUT2D eigenvalue weighted by Gasteiger charge is -2.37. The second kappa shape index (κ2) is 9.66. The molecule has 0 bridgehead atoms. The number of para-hydroxylation sites is 2. The fraction of sp³-hybridized carbons (Fsp3) is 0.556. The van der Waals surface area contributed by atoms with Crippen molar-refractivity contribution in [2.75, 3.05) is 6.54 Å². The van der Waals surface area contributed by atoms with Crippen LogP contribution >= 0.6 is 24.8 Å². The summed E-state index contributed by atoms with van der Waals surface area (Å²) < 4.78 is 27.7. The number of nitrogens with one attached hydrogen (secondary N) is 1. The molecular weight excluding hydrogens is 397 g/mol. The minimum Gasteiger partial charge on any atom is -0.355 e. The van der Waals surface area contributed by atoms with Crippen molar-refractivity contribution in [2.24, 2.45) is 11.7 Å². The van der Waals surface area contributed by atoms with Gasteiger partial charge in [0.05, 0.1) is 17.0 Å². The Bertz CT molecular complexity index is 767. The average molecular weight is 423 g/mol. The number of hydrogen-bond donors (Lipinski definition) is 2. The van der Waals surface area contributed by atoms with Crippen LogP contribution in [0.4, 0.5) is 8.78 Å². The maximum atomic E-state index is 13.4. The number of benzene rings is 1. The van der Waals surface area contributed by atoms with Gasteiger partial charge >= 0.3 is 6.55 Å². The largest absolute Gasteiger partial charge is 0.355 e. The van der Waals surface area contributed by atoms with Crippen LogP contribution < -0.4 is 11.1 Å². The summed E-state index contributed by atoms with van der Waals surface area (Å²) in [7, 11) is 0. The van der Waals surface area contributed by atoms with Crippen LogP contribution in [0.5, 0.6) is 0 Å². The van der Waals surface area contributed by atoms with Crippen LogP contribution in [0.25, 0.3) is 11.0 Å². The Morgan fingerprint density at radius 2 is 2.07 bits per heavy atom. The van der Waals surface area contributed by atoms with E-state index in [9.17, 15) is 13.6 Å². The number of nitrogens with zero attached hydrogens (tertiary/aromatic N) is 2. The number of carbonyl (C=O) groups is 1. The first kappa shape index (κ1) is 23.6. The first-order valence-corrected chi connectivity index (χ1v) is 8.71. The predicted octanol–water partition coefficient (Wildman–Crippen LogP) is 3.84. The van der Waals surface area contributed by atoms with E-state index in [1.807, 2.05) is 6.92 Å². The summed E-state index contributed by atoms with van der Waals surface area (Å²) >= 11 is 0. The van der Waals surface area contributed by atoms with E-state index in [1.54, 1.807) is 24.3 Å². The van der Waals surface area contributed by atoms with E-state index in [-0.39, 0.29) is 55.4 Å². The number of rotatable bonds is 5. The Balaban J connectivity index is 0.00000182. The fourth-order valence-corrected chi connectivity index (χ4v) is 3.70. The standard InChI is InChI=1S/C18H24F2N4O.2ClH/c1-18(21)10-5-4-6-12(18)16(25)22-11-9-15-23-13-7-2-3-8-14(13)24(15)17(19)20;;/h2-3,7-8,12,17H,4-6,9-11,21H2,1H3,(H,22,25);2*1H. The maximum absolute atomic E-state index is 13.4. The van der Waals surface area contributed by atoms with Crippen LogP contribution in [0.15, 0.2) is 24.3 Å². The maximum Gasteiger partial charge on any atom is 0.320 e. The van der Waals surface area contributed by atoms with Crippen LogP contribution in [0.3, 0.4) is 0 Å². The molecule has 1 aliphatic rings. The lowest BCUT2D eigenvalue weighted by Crippen LogP contribution is -2.53. The Morgan fingerprint density at radius 1 is 1.37 bits per heavy atom. The molecular formula is C18H26Cl2F2N4O. The van der Waals surface area contributed by atoms with Gasteiger partial charge in [-0.2, -0.15) is 8.78 Å². The van der Waals surface area contributed by atoms with Crippen molar-refractivity contribution in [2.45, 2.75) is 51.1 Å². The van der Waals surface area contributed by atoms with E-state index in [2.05, 4.69) is 10.3 Å². The molecule has 1 aromatic heterocycles. The van der Waals surface area contributed by atoms with Crippen LogP contribution in [0.2, 0.25) is 0 Å². The monoisotopic (exact) mass is 422 g/mol. The Hall–Kier alpha value is -1.44. The van der Waals surface area contributed by atoms with Gasteiger partial charge in [-0.25, -0.2) is 4.98 Å². The van der Waals surface area contributed by atoms with E-state index in [0.29, 0.717) is 11.0 Å². The second-order valence-electron chi connectivity index (χ2n) is 7.01. The number of alkyl halides is 2. The van der Waals surface area contributed by atoms with Crippen molar-refractivity contribution >= 4 is 41.8 Å². The smallest absolute Gasteiger partial charge is 0.320 e. The number of aromatic nitrogens is 2. The molecule has 0 radical (unpaired) electrons. The molecule has 2 unspecified atom stereocenters. The molecule has 27 heavy (non-hydrogen) atoms. The van der Waals surface area contributed by atoms with E-state index < -0.39 is 12.1 Å². The van der Waals surface area contributed by atoms with Crippen LogP contribution in [-0.2, 0) is 11.2 Å². The van der Waals surface area contributed by atoms with Gasteiger partial charge in [-0.3, -0.25) is 9.36 Å². The van der Waals surface area contributed by atoms with Gasteiger partial charge in [-0.1, -0.05) is 25.0 Å². The van der Waals surface area contributed by atoms with Crippen LogP contribution in [-0.4, -0.2) is 27.5 Å². The molecule has 0 saturated heterocycles. The minimum atomic E-state index is -2.66. The molecule has 1 amide bonds. The number of halogens is 4. The molecule has 5 nitrogen and oxygen atoms in total. The normalized spacial score (nSPS) is 22.2. The number of imidazole rings is 1. The number of carbonyl (C=O) groups excluding carboxylic acids is 1. The zero-order valence-electron chi connectivity index (χ0n) is 15.2. The highest BCUT2D eigenvalue weighted by molar-refractivity contribution is 5.85. The van der Waals surface area contributed by atoms with Crippen molar-refractivity contribution in [1.29, 1.82) is 0 Å². The van der Waals surface area contributed by atoms with E-state index in [4.69, 9.17) is 5.73 Å². The van der Waals surface area contributed by atoms with Crippen molar-refractivity contribution in [1.82, 2.24) is 14.9 Å². The first-order chi connectivity index (χ1) is 11.9. The molecule has 1 aliphatic carbocycles. The van der Waals surface area contributed by atoms with Crippen molar-refractivity contribution in [3.8, 4) is 0 Å². The van der Waals surface area contributed by atoms with E-state index in [0.717, 1.165) is 30.3 Å². The topological polar surface area (TPSA) is 72.9 Å². The molecule has 0 spiro atoms. The lowest BCUT2D eigenvalue weighted by molar-refractivity contribution is -0.128. The molecule has 1 aromatic carbocycles. The third-order valence-electron chi connectivity index (χ3n) is 5.08. The molecule has 2 aromatic rings. The predicted molar refractivity (Wildman–Crippen MR) is 107 cm³/mol. The highest BCUT2D eigenvalue weighted by Gasteiger charge is 2.37. The van der Waals surface area contributed by atoms with Gasteiger partial charge in [-0.15, -0.1) is 24.8 Å². The van der Waals surface area contributed by atoms with Gasteiger partial charge in [0.15, 0.2) is 0 Å². The summed E-state index contributed by atoms with van der Waals surface area (Å²) in [5, 5.41) is 2.85. The molecule has 1 fully saturated rings. The summed E-state index contributed by atoms with van der Waals surface area (Å²) in [5.41, 5.74) is 6.68. The third-order valence-corrected chi connectivity index (χ3v) is 5.08. The first-order valence-electron chi connectivity index (χ1n) is 8.71. The molecule has 1 heterocycles. The summed E-state index contributed by atoms with van der Waals surface area (Å²) in [6.07, 6.45) is 3.88. The SMILES string of the molecule is CC1(N)CCCCC1C(=O)NCCc1nc2ccccc2n1C(F)F.Cl.Cl. The van der Waals surface area contributed by atoms with Gasteiger partial charge < -0.3 is 11.1 Å². The summed E-state index contributed by atoms with van der Waals surface area (Å²) in [5.74, 6) is -0.0461. The molecule has 2 atom stereocenters. The van der Waals surface area contributed by atoms with Gasteiger partial charge in [0, 0.05) is 18.5 Å². The zero-order valence-corrected chi connectivity index (χ0v) is 16.8. The molecule has 1 saturated carbocycles. The quantitative estimate of drug-likeness (QED) is 0.768. The van der Waals surface area contributed by atoms with Crippen molar-refractivity contribution in [3.63, 3.8) is 0 Å². The highest BCUT2D eigenvalue weighted by atomic mass is 35.5. The Kier molecular flexibility index (Phi) is 8.45. The Labute approximate surface area is 169 Å². The molecule has 9 heteroatoms. The van der Waals surface area contributed by atoms with E-state index in [1.165, 1.54) is 0 Å². The zero-order chi connectivity index (χ0) is 18.0. The molecule has 0 aliphatic heterocycles. The van der Waals surface area contributed by atoms with Crippen LogP contribution in [0, 0.1) is 5.92 Å². The molecule has 3 N–H and O–H groups in total. The Morgan fingerprint density at radius 3 is 2.74 bits per heavy atom. The van der Waals surface area contributed by atoms with Crippen molar-refractivity contribution in [3.05, 3.63) is 30.1 Å². The van der Waals surface area contributed by atoms with Crippen molar-refractivity contribution < 1.29 is 13.6 Å².